The van der Waals surface area contributed by atoms with Crippen LogP contribution in [0.15, 0.2) is 76.7 Å². The van der Waals surface area contributed by atoms with E-state index in [1.165, 1.54) is 15.4 Å². The van der Waals surface area contributed by atoms with Crippen LogP contribution in [0.4, 0.5) is 0 Å². The van der Waals surface area contributed by atoms with Gasteiger partial charge >= 0.3 is 0 Å². The van der Waals surface area contributed by atoms with E-state index >= 15 is 0 Å². The molecule has 0 aliphatic carbocycles. The predicted molar refractivity (Wildman–Crippen MR) is 119 cm³/mol. The van der Waals surface area contributed by atoms with Crippen molar-refractivity contribution in [3.8, 4) is 0 Å². The van der Waals surface area contributed by atoms with Crippen LogP contribution in [0, 0.1) is 0 Å². The van der Waals surface area contributed by atoms with Crippen LogP contribution >= 0.6 is 11.8 Å². The highest BCUT2D eigenvalue weighted by Gasteiger charge is 2.18. The Hall–Kier alpha value is -2.85. The summed E-state index contributed by atoms with van der Waals surface area (Å²) in [7, 11) is 0. The molecule has 4 heteroatoms. The predicted octanol–water partition coefficient (Wildman–Crippen LogP) is 6.58. The standard InChI is InChI=1S/C24H23N3S/c1-24(2,3)20-9-4-5-10-23(20)28-18-12-13-19-21(26-27-22(19)16-18)14-11-17-8-6-7-15-25-17/h4-16H,1-3H3,(H,26,27)/b14-11+. The Balaban J connectivity index is 1.61. The van der Waals surface area contributed by atoms with E-state index in [9.17, 15) is 0 Å². The fourth-order valence-electron chi connectivity index (χ4n) is 3.15. The first-order valence-corrected chi connectivity index (χ1v) is 10.2. The first-order chi connectivity index (χ1) is 13.5. The molecule has 0 atom stereocenters. The molecule has 4 aromatic rings. The molecule has 28 heavy (non-hydrogen) atoms. The maximum Gasteiger partial charge on any atom is 0.0928 e. The van der Waals surface area contributed by atoms with Crippen LogP contribution in [0.25, 0.3) is 23.1 Å². The molecule has 0 spiro atoms. The lowest BCUT2D eigenvalue weighted by Gasteiger charge is -2.22. The van der Waals surface area contributed by atoms with Crippen molar-refractivity contribution in [2.75, 3.05) is 0 Å². The van der Waals surface area contributed by atoms with Crippen LogP contribution in [-0.2, 0) is 5.41 Å². The lowest BCUT2D eigenvalue weighted by atomic mass is 9.87. The number of nitrogens with one attached hydrogen (secondary N) is 1. The number of fused-ring (bicyclic) bond motifs is 1. The van der Waals surface area contributed by atoms with E-state index in [0.717, 1.165) is 22.3 Å². The van der Waals surface area contributed by atoms with Crippen molar-refractivity contribution < 1.29 is 0 Å². The first-order valence-electron chi connectivity index (χ1n) is 9.35. The van der Waals surface area contributed by atoms with Gasteiger partial charge in [0.2, 0.25) is 0 Å². The molecule has 0 aliphatic rings. The maximum atomic E-state index is 4.47. The molecule has 1 N–H and O–H groups in total. The van der Waals surface area contributed by atoms with E-state index in [1.807, 2.05) is 30.4 Å². The summed E-state index contributed by atoms with van der Waals surface area (Å²) in [6, 6.07) is 21.0. The van der Waals surface area contributed by atoms with Gasteiger partial charge in [0.25, 0.3) is 0 Å². The number of rotatable bonds is 4. The molecule has 0 amide bonds. The van der Waals surface area contributed by atoms with Gasteiger partial charge in [0.15, 0.2) is 0 Å². The van der Waals surface area contributed by atoms with Gasteiger partial charge in [-0.1, -0.05) is 56.8 Å². The number of H-pyrrole nitrogens is 1. The van der Waals surface area contributed by atoms with Crippen LogP contribution in [0.5, 0.6) is 0 Å². The topological polar surface area (TPSA) is 41.6 Å². The number of aromatic nitrogens is 3. The second-order valence-corrected chi connectivity index (χ2v) is 8.87. The van der Waals surface area contributed by atoms with E-state index in [2.05, 4.69) is 78.4 Å². The SMILES string of the molecule is CC(C)(C)c1ccccc1Sc1ccc2c(/C=C/c3ccccn3)n[nH]c2c1. The van der Waals surface area contributed by atoms with Crippen LogP contribution in [-0.4, -0.2) is 15.2 Å². The molecule has 0 saturated heterocycles. The Morgan fingerprint density at radius 3 is 2.54 bits per heavy atom. The molecular weight excluding hydrogens is 362 g/mol. The summed E-state index contributed by atoms with van der Waals surface area (Å²) in [5.41, 5.74) is 4.37. The number of hydrogen-bond acceptors (Lipinski definition) is 3. The van der Waals surface area contributed by atoms with Gasteiger partial charge in [0, 0.05) is 21.4 Å². The second-order valence-electron chi connectivity index (χ2n) is 7.75. The number of nitrogens with zero attached hydrogens (tertiary/aromatic N) is 2. The molecule has 2 aromatic heterocycles. The Bertz CT molecular complexity index is 1120. The van der Waals surface area contributed by atoms with Gasteiger partial charge in [-0.15, -0.1) is 0 Å². The minimum absolute atomic E-state index is 0.116. The fraction of sp³-hybridized carbons (Fsp3) is 0.167. The summed E-state index contributed by atoms with van der Waals surface area (Å²) in [5.74, 6) is 0. The van der Waals surface area contributed by atoms with E-state index in [4.69, 9.17) is 0 Å². The highest BCUT2D eigenvalue weighted by Crippen LogP contribution is 2.37. The van der Waals surface area contributed by atoms with Crippen LogP contribution < -0.4 is 0 Å². The quantitative estimate of drug-likeness (QED) is 0.431. The number of hydrogen-bond donors (Lipinski definition) is 1. The first kappa shape index (κ1) is 18.5. The van der Waals surface area contributed by atoms with Crippen molar-refractivity contribution in [3.05, 3.63) is 83.8 Å². The van der Waals surface area contributed by atoms with Crippen molar-refractivity contribution in [2.45, 2.75) is 36.0 Å². The van der Waals surface area contributed by atoms with Gasteiger partial charge in [-0.25, -0.2) is 0 Å². The third-order valence-electron chi connectivity index (χ3n) is 4.59. The molecule has 0 saturated carbocycles. The normalized spacial score (nSPS) is 12.1. The van der Waals surface area contributed by atoms with Crippen molar-refractivity contribution in [1.82, 2.24) is 15.2 Å². The molecule has 4 rings (SSSR count). The molecule has 2 heterocycles. The number of pyridine rings is 1. The van der Waals surface area contributed by atoms with E-state index < -0.39 is 0 Å². The molecule has 0 bridgehead atoms. The van der Waals surface area contributed by atoms with Gasteiger partial charge in [0.05, 0.1) is 16.9 Å². The van der Waals surface area contributed by atoms with Crippen molar-refractivity contribution in [2.24, 2.45) is 0 Å². The summed E-state index contributed by atoms with van der Waals surface area (Å²) in [6.07, 6.45) is 5.78. The molecule has 0 radical (unpaired) electrons. The van der Waals surface area contributed by atoms with Gasteiger partial charge in [-0.2, -0.15) is 5.10 Å². The van der Waals surface area contributed by atoms with E-state index in [1.54, 1.807) is 18.0 Å². The van der Waals surface area contributed by atoms with Gasteiger partial charge in [0.1, 0.15) is 0 Å². The second kappa shape index (κ2) is 7.64. The summed E-state index contributed by atoms with van der Waals surface area (Å²) >= 11 is 1.80. The molecule has 2 aromatic carbocycles. The largest absolute Gasteiger partial charge is 0.277 e. The number of aromatic amines is 1. The Labute approximate surface area is 169 Å². The molecular formula is C24H23N3S. The van der Waals surface area contributed by atoms with Crippen molar-refractivity contribution in [1.29, 1.82) is 0 Å². The zero-order valence-electron chi connectivity index (χ0n) is 16.3. The Morgan fingerprint density at radius 1 is 0.929 bits per heavy atom. The van der Waals surface area contributed by atoms with Crippen LogP contribution in [0.2, 0.25) is 0 Å². The molecule has 0 aliphatic heterocycles. The van der Waals surface area contributed by atoms with Gasteiger partial charge in [-0.05, 0) is 59.5 Å². The monoisotopic (exact) mass is 385 g/mol. The summed E-state index contributed by atoms with van der Waals surface area (Å²) in [5, 5.41) is 8.74. The number of benzene rings is 2. The van der Waals surface area contributed by atoms with Crippen molar-refractivity contribution in [3.63, 3.8) is 0 Å². The highest BCUT2D eigenvalue weighted by molar-refractivity contribution is 7.99. The van der Waals surface area contributed by atoms with Crippen LogP contribution in [0.3, 0.4) is 0 Å². The lowest BCUT2D eigenvalue weighted by molar-refractivity contribution is 0.578. The summed E-state index contributed by atoms with van der Waals surface area (Å²) in [6.45, 7) is 6.76. The smallest absolute Gasteiger partial charge is 0.0928 e. The van der Waals surface area contributed by atoms with E-state index in [0.29, 0.717) is 0 Å². The minimum Gasteiger partial charge on any atom is -0.277 e. The molecule has 140 valence electrons. The maximum absolute atomic E-state index is 4.47. The highest BCUT2D eigenvalue weighted by atomic mass is 32.2. The minimum atomic E-state index is 0.116. The zero-order valence-corrected chi connectivity index (χ0v) is 17.1. The summed E-state index contributed by atoms with van der Waals surface area (Å²) < 4.78 is 0. The zero-order chi connectivity index (χ0) is 19.6. The van der Waals surface area contributed by atoms with E-state index in [-0.39, 0.29) is 5.41 Å². The summed E-state index contributed by atoms with van der Waals surface area (Å²) in [4.78, 5) is 6.82. The average Bonchev–Trinajstić information content (AvgIpc) is 3.09. The fourth-order valence-corrected chi connectivity index (χ4v) is 4.35. The molecule has 0 fully saturated rings. The average molecular weight is 386 g/mol. The Morgan fingerprint density at radius 2 is 1.75 bits per heavy atom. The van der Waals surface area contributed by atoms with Gasteiger partial charge in [-0.3, -0.25) is 10.1 Å². The lowest BCUT2D eigenvalue weighted by Crippen LogP contribution is -2.12. The molecule has 0 unspecified atom stereocenters. The Kier molecular flexibility index (Phi) is 5.05. The van der Waals surface area contributed by atoms with Crippen LogP contribution in [0.1, 0.15) is 37.7 Å². The van der Waals surface area contributed by atoms with Gasteiger partial charge < -0.3 is 0 Å². The third kappa shape index (κ3) is 4.02. The van der Waals surface area contributed by atoms with Crippen molar-refractivity contribution >= 4 is 34.8 Å². The molecule has 3 nitrogen and oxygen atoms in total. The third-order valence-corrected chi connectivity index (χ3v) is 5.65.